The first-order valence-corrected chi connectivity index (χ1v) is 16.0. The highest BCUT2D eigenvalue weighted by molar-refractivity contribution is 5.87. The third kappa shape index (κ3) is 5.23. The molecule has 2 heterocycles. The Balaban J connectivity index is 1.23. The van der Waals surface area contributed by atoms with Crippen molar-refractivity contribution in [1.29, 1.82) is 0 Å². The molecule has 0 amide bonds. The van der Waals surface area contributed by atoms with Crippen molar-refractivity contribution in [3.05, 3.63) is 35.1 Å². The number of benzene rings is 1. The number of carbonyl (C=O) groups is 4. The lowest BCUT2D eigenvalue weighted by molar-refractivity contribution is -0.177. The van der Waals surface area contributed by atoms with Crippen LogP contribution >= 0.6 is 0 Å². The Kier molecular flexibility index (Phi) is 8.11. The zero-order valence-electron chi connectivity index (χ0n) is 27.1. The van der Waals surface area contributed by atoms with Crippen LogP contribution in [0.15, 0.2) is 24.0 Å². The SMILES string of the molecule is COc1ccc2c3c1O[C@H]1C(OC(=O)C[C@H](OC(=O)C[C@@H]4OC(C)(C)OC4=O)C(=O)OCC(C)C)=CC[C@@]4(O)[C@@H](C2)C(C)CC[C@]314. The van der Waals surface area contributed by atoms with Crippen molar-refractivity contribution in [3.8, 4) is 11.5 Å². The third-order valence-electron chi connectivity index (χ3n) is 10.0. The van der Waals surface area contributed by atoms with E-state index < -0.39 is 71.8 Å². The van der Waals surface area contributed by atoms with Crippen molar-refractivity contribution in [1.82, 2.24) is 0 Å². The van der Waals surface area contributed by atoms with E-state index in [4.69, 9.17) is 33.2 Å². The Labute approximate surface area is 267 Å². The number of hydrogen-bond donors (Lipinski definition) is 1. The predicted octanol–water partition coefficient (Wildman–Crippen LogP) is 3.43. The van der Waals surface area contributed by atoms with Gasteiger partial charge < -0.3 is 38.3 Å². The molecule has 2 fully saturated rings. The van der Waals surface area contributed by atoms with Gasteiger partial charge in [-0.05, 0) is 61.1 Å². The van der Waals surface area contributed by atoms with Gasteiger partial charge in [0.1, 0.15) is 5.76 Å². The summed E-state index contributed by atoms with van der Waals surface area (Å²) in [4.78, 5) is 51.4. The van der Waals surface area contributed by atoms with E-state index in [1.165, 1.54) is 13.8 Å². The summed E-state index contributed by atoms with van der Waals surface area (Å²) >= 11 is 0. The van der Waals surface area contributed by atoms with Crippen molar-refractivity contribution in [2.24, 2.45) is 17.8 Å². The molecule has 0 aromatic heterocycles. The van der Waals surface area contributed by atoms with Crippen LogP contribution in [0.25, 0.3) is 0 Å². The lowest BCUT2D eigenvalue weighted by Gasteiger charge is -2.61. The molecule has 1 N–H and O–H groups in total. The van der Waals surface area contributed by atoms with Gasteiger partial charge in [0, 0.05) is 19.4 Å². The van der Waals surface area contributed by atoms with Crippen LogP contribution in [0.5, 0.6) is 11.5 Å². The molecule has 1 aromatic carbocycles. The van der Waals surface area contributed by atoms with Crippen molar-refractivity contribution in [2.75, 3.05) is 13.7 Å². The standard InChI is InChI=1S/C34H42O12/c1-17(2)16-41-30(37)23(43-26(36)15-24-31(38)46-32(4,5)45-24)14-25(35)42-22-10-12-34(39)20-13-19-7-8-21(40-6)28-27(19)33(34,29(22)44-28)11-9-18(20)3/h7-8,10,17-18,20,23-24,29,39H,9,11-16H2,1-6H3/t18?,20-,23-,24-,29-,33-,34+/m0/s1. The van der Waals surface area contributed by atoms with Gasteiger partial charge in [-0.25, -0.2) is 9.59 Å². The van der Waals surface area contributed by atoms with E-state index in [1.807, 2.05) is 26.0 Å². The largest absolute Gasteiger partial charge is 0.493 e. The molecule has 2 bridgehead atoms. The van der Waals surface area contributed by atoms with Gasteiger partial charge in [0.15, 0.2) is 23.7 Å². The topological polar surface area (TPSA) is 153 Å². The summed E-state index contributed by atoms with van der Waals surface area (Å²) in [6.45, 7) is 8.94. The van der Waals surface area contributed by atoms with E-state index in [0.717, 1.165) is 17.5 Å². The molecular weight excluding hydrogens is 600 g/mol. The van der Waals surface area contributed by atoms with E-state index in [0.29, 0.717) is 24.3 Å². The molecular formula is C34H42O12. The lowest BCUT2D eigenvalue weighted by atomic mass is 9.45. The number of methoxy groups -OCH3 is 1. The Morgan fingerprint density at radius 1 is 1.15 bits per heavy atom. The van der Waals surface area contributed by atoms with Crippen LogP contribution in [0.3, 0.4) is 0 Å². The number of cyclic esters (lactones) is 1. The average Bonchev–Trinajstić information content (AvgIpc) is 3.47. The molecule has 12 nitrogen and oxygen atoms in total. The van der Waals surface area contributed by atoms with Gasteiger partial charge >= 0.3 is 23.9 Å². The summed E-state index contributed by atoms with van der Waals surface area (Å²) < 4.78 is 39.3. The van der Waals surface area contributed by atoms with Crippen LogP contribution in [-0.2, 0) is 54.7 Å². The molecule has 1 unspecified atom stereocenters. The molecule has 6 rings (SSSR count). The van der Waals surface area contributed by atoms with E-state index in [1.54, 1.807) is 13.2 Å². The average molecular weight is 643 g/mol. The van der Waals surface area contributed by atoms with Gasteiger partial charge in [-0.2, -0.15) is 0 Å². The number of ether oxygens (including phenoxy) is 7. The quantitative estimate of drug-likeness (QED) is 0.294. The van der Waals surface area contributed by atoms with Gasteiger partial charge in [0.2, 0.25) is 11.9 Å². The summed E-state index contributed by atoms with van der Waals surface area (Å²) in [6.07, 6.45) is -0.685. The minimum absolute atomic E-state index is 0.0119. The highest BCUT2D eigenvalue weighted by atomic mass is 16.8. The Morgan fingerprint density at radius 3 is 2.59 bits per heavy atom. The Hall–Kier alpha value is -3.64. The molecule has 0 radical (unpaired) electrons. The van der Waals surface area contributed by atoms with Gasteiger partial charge in [0.25, 0.3) is 0 Å². The van der Waals surface area contributed by atoms with Crippen molar-refractivity contribution < 1.29 is 57.4 Å². The highest BCUT2D eigenvalue weighted by Gasteiger charge is 2.72. The van der Waals surface area contributed by atoms with E-state index >= 15 is 0 Å². The predicted molar refractivity (Wildman–Crippen MR) is 158 cm³/mol. The normalized spacial score (nSPS) is 32.0. The van der Waals surface area contributed by atoms with Crippen LogP contribution in [0.4, 0.5) is 0 Å². The minimum Gasteiger partial charge on any atom is -0.493 e. The molecule has 3 aliphatic carbocycles. The fraction of sp³-hybridized carbons (Fsp3) is 0.647. The van der Waals surface area contributed by atoms with Crippen LogP contribution in [0.2, 0.25) is 0 Å². The Morgan fingerprint density at radius 2 is 1.91 bits per heavy atom. The summed E-state index contributed by atoms with van der Waals surface area (Å²) in [5.41, 5.74) is 0.0270. The summed E-state index contributed by atoms with van der Waals surface area (Å²) in [7, 11) is 1.56. The van der Waals surface area contributed by atoms with Crippen LogP contribution in [0, 0.1) is 17.8 Å². The maximum atomic E-state index is 13.5. The number of aliphatic hydroxyl groups is 1. The van der Waals surface area contributed by atoms with Gasteiger partial charge in [-0.3, -0.25) is 9.59 Å². The van der Waals surface area contributed by atoms with Crippen LogP contribution in [0.1, 0.15) is 77.8 Å². The van der Waals surface area contributed by atoms with Crippen LogP contribution < -0.4 is 9.47 Å². The fourth-order valence-electron chi connectivity index (χ4n) is 8.01. The number of carbonyl (C=O) groups excluding carboxylic acids is 4. The fourth-order valence-corrected chi connectivity index (χ4v) is 8.01. The minimum atomic E-state index is -1.63. The molecule has 2 aliphatic heterocycles. The Bertz CT molecular complexity index is 1480. The second-order valence-electron chi connectivity index (χ2n) is 14.0. The first kappa shape index (κ1) is 32.3. The van der Waals surface area contributed by atoms with E-state index in [2.05, 4.69) is 6.92 Å². The number of hydrogen-bond acceptors (Lipinski definition) is 12. The van der Waals surface area contributed by atoms with Gasteiger partial charge in [0.05, 0.1) is 37.6 Å². The molecule has 250 valence electrons. The second kappa shape index (κ2) is 11.6. The number of rotatable bonds is 10. The third-order valence-corrected chi connectivity index (χ3v) is 10.0. The highest BCUT2D eigenvalue weighted by Crippen LogP contribution is 2.68. The molecule has 5 aliphatic rings. The maximum absolute atomic E-state index is 13.5. The van der Waals surface area contributed by atoms with Crippen LogP contribution in [-0.4, -0.2) is 72.4 Å². The molecule has 1 saturated carbocycles. The molecule has 1 spiro atoms. The second-order valence-corrected chi connectivity index (χ2v) is 14.0. The smallest absolute Gasteiger partial charge is 0.348 e. The summed E-state index contributed by atoms with van der Waals surface area (Å²) in [5.74, 6) is -3.11. The van der Waals surface area contributed by atoms with E-state index in [9.17, 15) is 24.3 Å². The maximum Gasteiger partial charge on any atom is 0.348 e. The van der Waals surface area contributed by atoms with Crippen molar-refractivity contribution >= 4 is 23.9 Å². The molecule has 1 aromatic rings. The monoisotopic (exact) mass is 642 g/mol. The van der Waals surface area contributed by atoms with Crippen molar-refractivity contribution in [3.63, 3.8) is 0 Å². The lowest BCUT2D eigenvalue weighted by Crippen LogP contribution is -2.69. The molecule has 12 heteroatoms. The summed E-state index contributed by atoms with van der Waals surface area (Å²) in [5, 5.41) is 12.4. The first-order valence-electron chi connectivity index (χ1n) is 16.0. The molecule has 46 heavy (non-hydrogen) atoms. The van der Waals surface area contributed by atoms with Gasteiger partial charge in [-0.15, -0.1) is 0 Å². The first-order chi connectivity index (χ1) is 21.7. The van der Waals surface area contributed by atoms with E-state index in [-0.39, 0.29) is 36.5 Å². The molecule has 1 saturated heterocycles. The zero-order valence-corrected chi connectivity index (χ0v) is 27.1. The number of esters is 4. The van der Waals surface area contributed by atoms with Crippen molar-refractivity contribution in [2.45, 2.75) is 108 Å². The zero-order chi connectivity index (χ0) is 33.2. The summed E-state index contributed by atoms with van der Waals surface area (Å²) in [6, 6.07) is 3.89. The molecule has 7 atom stereocenters. The van der Waals surface area contributed by atoms with Gasteiger partial charge in [-0.1, -0.05) is 26.8 Å².